The van der Waals surface area contributed by atoms with Crippen LogP contribution in [0.2, 0.25) is 0 Å². The number of hydrogen-bond acceptors (Lipinski definition) is 4. The molecule has 1 fully saturated rings. The maximum absolute atomic E-state index is 11.5. The van der Waals surface area contributed by atoms with E-state index < -0.39 is 9.84 Å². The second-order valence-electron chi connectivity index (χ2n) is 5.76. The number of rotatable bonds is 7. The molecule has 0 spiro atoms. The van der Waals surface area contributed by atoms with Crippen molar-refractivity contribution < 1.29 is 8.42 Å². The molecule has 114 valence electrons. The van der Waals surface area contributed by atoms with Gasteiger partial charge >= 0.3 is 0 Å². The van der Waals surface area contributed by atoms with Crippen LogP contribution in [0.4, 0.5) is 0 Å². The molecule has 0 aliphatic heterocycles. The Labute approximate surface area is 118 Å². The molecule has 0 bridgehead atoms. The molecule has 1 aliphatic rings. The summed E-state index contributed by atoms with van der Waals surface area (Å²) in [6, 6.07) is 0.283. The summed E-state index contributed by atoms with van der Waals surface area (Å²) in [5, 5.41) is 0. The first kappa shape index (κ1) is 16.9. The van der Waals surface area contributed by atoms with Gasteiger partial charge in [-0.1, -0.05) is 39.0 Å². The normalized spacial score (nSPS) is 20.7. The van der Waals surface area contributed by atoms with Crippen LogP contribution in [0, 0.1) is 5.92 Å². The first-order valence-electron chi connectivity index (χ1n) is 7.75. The Bertz CT molecular complexity index is 322. The highest BCUT2D eigenvalue weighted by atomic mass is 32.2. The number of nitrogens with two attached hydrogens (primary N) is 1. The highest BCUT2D eigenvalue weighted by Gasteiger charge is 2.21. The molecule has 4 nitrogen and oxygen atoms in total. The zero-order chi connectivity index (χ0) is 14.1. The van der Waals surface area contributed by atoms with Gasteiger partial charge in [-0.25, -0.2) is 8.42 Å². The van der Waals surface area contributed by atoms with Crippen molar-refractivity contribution in [3.05, 3.63) is 0 Å². The first-order chi connectivity index (χ1) is 9.09. The van der Waals surface area contributed by atoms with E-state index in [0.717, 1.165) is 12.8 Å². The summed E-state index contributed by atoms with van der Waals surface area (Å²) in [5.74, 6) is 6.84. The predicted molar refractivity (Wildman–Crippen MR) is 80.5 cm³/mol. The van der Waals surface area contributed by atoms with Crippen molar-refractivity contribution in [3.63, 3.8) is 0 Å². The Morgan fingerprint density at radius 2 is 1.74 bits per heavy atom. The zero-order valence-electron chi connectivity index (χ0n) is 12.2. The van der Waals surface area contributed by atoms with Crippen molar-refractivity contribution >= 4 is 9.84 Å². The van der Waals surface area contributed by atoms with E-state index >= 15 is 0 Å². The largest absolute Gasteiger partial charge is 0.271 e. The summed E-state index contributed by atoms with van der Waals surface area (Å²) in [6.07, 6.45) is 10.7. The van der Waals surface area contributed by atoms with Gasteiger partial charge in [0.1, 0.15) is 9.84 Å². The predicted octanol–water partition coefficient (Wildman–Crippen LogP) is 2.39. The molecule has 3 N–H and O–H groups in total. The number of nitrogens with one attached hydrogen (secondary N) is 1. The van der Waals surface area contributed by atoms with Crippen LogP contribution in [0.15, 0.2) is 0 Å². The van der Waals surface area contributed by atoms with E-state index in [4.69, 9.17) is 5.84 Å². The molecule has 0 aromatic heterocycles. The Hall–Kier alpha value is -0.130. The average Bonchev–Trinajstić information content (AvgIpc) is 2.35. The van der Waals surface area contributed by atoms with Gasteiger partial charge in [0, 0.05) is 11.8 Å². The minimum Gasteiger partial charge on any atom is -0.271 e. The Morgan fingerprint density at radius 3 is 2.26 bits per heavy atom. The molecule has 1 rings (SSSR count). The summed E-state index contributed by atoms with van der Waals surface area (Å²) in [4.78, 5) is 0. The van der Waals surface area contributed by atoms with Crippen LogP contribution in [-0.2, 0) is 9.84 Å². The van der Waals surface area contributed by atoms with Crippen LogP contribution in [0.3, 0.4) is 0 Å². The van der Waals surface area contributed by atoms with Crippen molar-refractivity contribution in [2.24, 2.45) is 11.8 Å². The van der Waals surface area contributed by atoms with Gasteiger partial charge in [0.15, 0.2) is 0 Å². The van der Waals surface area contributed by atoms with E-state index in [0.29, 0.717) is 11.7 Å². The molecule has 1 aliphatic carbocycles. The molecule has 0 saturated heterocycles. The average molecular weight is 290 g/mol. The van der Waals surface area contributed by atoms with Gasteiger partial charge in [-0.05, 0) is 31.6 Å². The summed E-state index contributed by atoms with van der Waals surface area (Å²) in [7, 11) is -2.84. The minimum atomic E-state index is -2.84. The van der Waals surface area contributed by atoms with Crippen LogP contribution in [0.1, 0.15) is 64.7 Å². The minimum absolute atomic E-state index is 0.247. The first-order valence-corrected chi connectivity index (χ1v) is 9.57. The Balaban J connectivity index is 2.38. The second-order valence-corrected chi connectivity index (χ2v) is 8.23. The SMILES string of the molecule is CCS(=O)(=O)CCCC(NN)C1CCCCCCC1. The van der Waals surface area contributed by atoms with Crippen LogP contribution >= 0.6 is 0 Å². The Morgan fingerprint density at radius 1 is 1.16 bits per heavy atom. The molecule has 1 unspecified atom stereocenters. The van der Waals surface area contributed by atoms with Gasteiger partial charge < -0.3 is 0 Å². The molecule has 0 heterocycles. The third-order valence-electron chi connectivity index (χ3n) is 4.34. The quantitative estimate of drug-likeness (QED) is 0.558. The lowest BCUT2D eigenvalue weighted by Crippen LogP contribution is -2.41. The fourth-order valence-corrected chi connectivity index (χ4v) is 3.91. The van der Waals surface area contributed by atoms with E-state index in [1.54, 1.807) is 6.92 Å². The van der Waals surface area contributed by atoms with E-state index in [9.17, 15) is 8.42 Å². The second kappa shape index (κ2) is 8.93. The monoisotopic (exact) mass is 290 g/mol. The van der Waals surface area contributed by atoms with Gasteiger partial charge in [-0.15, -0.1) is 0 Å². The summed E-state index contributed by atoms with van der Waals surface area (Å²) >= 11 is 0. The zero-order valence-corrected chi connectivity index (χ0v) is 13.1. The smallest absolute Gasteiger partial charge is 0.150 e. The Kier molecular flexibility index (Phi) is 7.95. The lowest BCUT2D eigenvalue weighted by atomic mass is 9.84. The summed E-state index contributed by atoms with van der Waals surface area (Å²) in [6.45, 7) is 1.71. The number of hydrogen-bond donors (Lipinski definition) is 2. The van der Waals surface area contributed by atoms with E-state index in [-0.39, 0.29) is 11.8 Å². The van der Waals surface area contributed by atoms with Crippen molar-refractivity contribution in [1.82, 2.24) is 5.43 Å². The van der Waals surface area contributed by atoms with Crippen molar-refractivity contribution in [2.45, 2.75) is 70.8 Å². The molecule has 19 heavy (non-hydrogen) atoms. The molecular weight excluding hydrogens is 260 g/mol. The summed E-state index contributed by atoms with van der Waals surface area (Å²) < 4.78 is 23.0. The molecule has 0 aromatic carbocycles. The number of hydrazine groups is 1. The molecule has 5 heteroatoms. The van der Waals surface area contributed by atoms with E-state index in [2.05, 4.69) is 5.43 Å². The van der Waals surface area contributed by atoms with Gasteiger partial charge in [-0.3, -0.25) is 11.3 Å². The van der Waals surface area contributed by atoms with Gasteiger partial charge in [0.2, 0.25) is 0 Å². The maximum Gasteiger partial charge on any atom is 0.150 e. The molecule has 0 amide bonds. The summed E-state index contributed by atoms with van der Waals surface area (Å²) in [5.41, 5.74) is 2.93. The van der Waals surface area contributed by atoms with Crippen molar-refractivity contribution in [3.8, 4) is 0 Å². The van der Waals surface area contributed by atoms with Crippen LogP contribution < -0.4 is 11.3 Å². The van der Waals surface area contributed by atoms with Crippen LogP contribution in [0.25, 0.3) is 0 Å². The molecular formula is C14H30N2O2S. The highest BCUT2D eigenvalue weighted by Crippen LogP contribution is 2.26. The molecule has 1 atom stereocenters. The molecule has 1 saturated carbocycles. The number of sulfone groups is 1. The molecule has 0 aromatic rings. The lowest BCUT2D eigenvalue weighted by Gasteiger charge is -2.28. The lowest BCUT2D eigenvalue weighted by molar-refractivity contribution is 0.274. The fourth-order valence-electron chi connectivity index (χ4n) is 3.01. The van der Waals surface area contributed by atoms with Gasteiger partial charge in [0.05, 0.1) is 5.75 Å². The van der Waals surface area contributed by atoms with Crippen LogP contribution in [-0.4, -0.2) is 26.0 Å². The van der Waals surface area contributed by atoms with Gasteiger partial charge in [0.25, 0.3) is 0 Å². The van der Waals surface area contributed by atoms with E-state index in [1.165, 1.54) is 44.9 Å². The third kappa shape index (κ3) is 6.72. The highest BCUT2D eigenvalue weighted by molar-refractivity contribution is 7.91. The fraction of sp³-hybridized carbons (Fsp3) is 1.00. The van der Waals surface area contributed by atoms with Crippen LogP contribution in [0.5, 0.6) is 0 Å². The standard InChI is InChI=1S/C14H30N2O2S/c1-2-19(17,18)12-8-11-14(16-15)13-9-6-4-3-5-7-10-13/h13-14,16H,2-12,15H2,1H3. The van der Waals surface area contributed by atoms with Crippen molar-refractivity contribution in [2.75, 3.05) is 11.5 Å². The maximum atomic E-state index is 11.5. The van der Waals surface area contributed by atoms with Gasteiger partial charge in [-0.2, -0.15) is 0 Å². The van der Waals surface area contributed by atoms with E-state index in [1.807, 2.05) is 0 Å². The third-order valence-corrected chi connectivity index (χ3v) is 6.13. The topological polar surface area (TPSA) is 72.2 Å². The molecule has 0 radical (unpaired) electrons. The van der Waals surface area contributed by atoms with Crippen molar-refractivity contribution in [1.29, 1.82) is 0 Å².